The minimum Gasteiger partial charge on any atom is -0.361 e. The predicted molar refractivity (Wildman–Crippen MR) is 97.4 cm³/mol. The zero-order valence-electron chi connectivity index (χ0n) is 14.0. The Labute approximate surface area is 150 Å². The second-order valence-corrected chi connectivity index (χ2v) is 6.06. The fourth-order valence-electron chi connectivity index (χ4n) is 3.15. The fraction of sp³-hybridized carbons (Fsp3) is 0.158. The van der Waals surface area contributed by atoms with Gasteiger partial charge in [-0.1, -0.05) is 48.5 Å². The molecule has 130 valence electrons. The second kappa shape index (κ2) is 7.18. The van der Waals surface area contributed by atoms with E-state index in [1.807, 2.05) is 36.5 Å². The predicted octanol–water partition coefficient (Wildman–Crippen LogP) is 2.10. The van der Waals surface area contributed by atoms with Gasteiger partial charge in [0.05, 0.1) is 0 Å². The molecule has 0 bridgehead atoms. The number of hydrogen-bond acceptors (Lipinski definition) is 4. The third kappa shape index (κ3) is 3.32. The van der Waals surface area contributed by atoms with Gasteiger partial charge in [0.1, 0.15) is 12.9 Å². The van der Waals surface area contributed by atoms with Crippen molar-refractivity contribution < 1.29 is 4.79 Å². The molecule has 7 nitrogen and oxygen atoms in total. The number of rotatable bonds is 6. The van der Waals surface area contributed by atoms with Crippen molar-refractivity contribution in [2.45, 2.75) is 12.5 Å². The molecule has 7 heteroatoms. The van der Waals surface area contributed by atoms with Crippen molar-refractivity contribution in [1.82, 2.24) is 30.5 Å². The Bertz CT molecular complexity index is 993. The number of hydrogen-bond donors (Lipinski definition) is 2. The van der Waals surface area contributed by atoms with Crippen LogP contribution in [0.3, 0.4) is 0 Å². The molecule has 0 saturated heterocycles. The number of carbonyl (C=O) groups excluding carboxylic acids is 1. The van der Waals surface area contributed by atoms with E-state index >= 15 is 0 Å². The Morgan fingerprint density at radius 3 is 2.73 bits per heavy atom. The summed E-state index contributed by atoms with van der Waals surface area (Å²) in [7, 11) is 0. The Hall–Kier alpha value is -3.48. The molecule has 26 heavy (non-hydrogen) atoms. The topological polar surface area (TPSA) is 88.5 Å². The molecule has 1 atom stereocenters. The van der Waals surface area contributed by atoms with Gasteiger partial charge in [-0.05, 0) is 27.6 Å². The number of benzene rings is 2. The fourth-order valence-corrected chi connectivity index (χ4v) is 3.15. The first-order chi connectivity index (χ1) is 12.8. The maximum absolute atomic E-state index is 12.2. The van der Waals surface area contributed by atoms with E-state index in [4.69, 9.17) is 0 Å². The Morgan fingerprint density at radius 2 is 1.92 bits per heavy atom. The molecule has 0 fully saturated rings. The molecule has 1 amide bonds. The van der Waals surface area contributed by atoms with E-state index < -0.39 is 0 Å². The van der Waals surface area contributed by atoms with Gasteiger partial charge in [0, 0.05) is 29.6 Å². The van der Waals surface area contributed by atoms with Crippen LogP contribution in [0.2, 0.25) is 0 Å². The zero-order chi connectivity index (χ0) is 17.8. The molecule has 2 N–H and O–H groups in total. The first kappa shape index (κ1) is 16.0. The summed E-state index contributed by atoms with van der Waals surface area (Å²) in [5.74, 6) is -0.0803. The summed E-state index contributed by atoms with van der Waals surface area (Å²) < 4.78 is 1.40. The number of para-hydroxylation sites is 1. The molecular weight excluding hydrogens is 328 g/mol. The second-order valence-electron chi connectivity index (χ2n) is 6.06. The van der Waals surface area contributed by atoms with E-state index in [0.29, 0.717) is 6.54 Å². The van der Waals surface area contributed by atoms with Crippen LogP contribution < -0.4 is 5.32 Å². The summed E-state index contributed by atoms with van der Waals surface area (Å²) >= 11 is 0. The van der Waals surface area contributed by atoms with E-state index in [1.165, 1.54) is 11.0 Å². The number of amides is 1. The third-order valence-electron chi connectivity index (χ3n) is 4.40. The van der Waals surface area contributed by atoms with Crippen LogP contribution in [0.15, 0.2) is 67.1 Å². The Morgan fingerprint density at radius 1 is 1.12 bits per heavy atom. The van der Waals surface area contributed by atoms with Crippen molar-refractivity contribution >= 4 is 16.8 Å². The van der Waals surface area contributed by atoms with Crippen molar-refractivity contribution in [3.05, 3.63) is 78.2 Å². The molecule has 2 heterocycles. The molecule has 1 unspecified atom stereocenters. The minimum absolute atomic E-state index is 0.0465. The lowest BCUT2D eigenvalue weighted by Crippen LogP contribution is -2.32. The average molecular weight is 346 g/mol. The van der Waals surface area contributed by atoms with Crippen molar-refractivity contribution in [3.8, 4) is 0 Å². The number of H-pyrrole nitrogens is 1. The van der Waals surface area contributed by atoms with Gasteiger partial charge in [0.2, 0.25) is 5.91 Å². The number of aromatic amines is 1. The highest BCUT2D eigenvalue weighted by molar-refractivity contribution is 5.84. The number of carbonyl (C=O) groups is 1. The van der Waals surface area contributed by atoms with Crippen molar-refractivity contribution in [2.24, 2.45) is 0 Å². The molecule has 0 saturated carbocycles. The molecule has 0 spiro atoms. The van der Waals surface area contributed by atoms with Gasteiger partial charge in [0.15, 0.2) is 0 Å². The first-order valence-corrected chi connectivity index (χ1v) is 8.39. The lowest BCUT2D eigenvalue weighted by molar-refractivity contribution is -0.121. The molecular formula is C19H18N6O. The van der Waals surface area contributed by atoms with Gasteiger partial charge in [0.25, 0.3) is 0 Å². The third-order valence-corrected chi connectivity index (χ3v) is 4.40. The molecule has 0 radical (unpaired) electrons. The highest BCUT2D eigenvalue weighted by Crippen LogP contribution is 2.30. The summed E-state index contributed by atoms with van der Waals surface area (Å²) in [6, 6.07) is 18.4. The van der Waals surface area contributed by atoms with Gasteiger partial charge in [-0.15, -0.1) is 5.10 Å². The van der Waals surface area contributed by atoms with Gasteiger partial charge in [-0.25, -0.2) is 4.68 Å². The monoisotopic (exact) mass is 346 g/mol. The number of fused-ring (bicyclic) bond motifs is 1. The summed E-state index contributed by atoms with van der Waals surface area (Å²) in [6.07, 6.45) is 3.45. The van der Waals surface area contributed by atoms with E-state index in [0.717, 1.165) is 22.0 Å². The quantitative estimate of drug-likeness (QED) is 0.560. The Balaban J connectivity index is 1.59. The molecule has 4 rings (SSSR count). The number of nitrogens with zero attached hydrogens (tertiary/aromatic N) is 4. The van der Waals surface area contributed by atoms with Crippen LogP contribution in [-0.4, -0.2) is 37.6 Å². The molecule has 0 aliphatic heterocycles. The van der Waals surface area contributed by atoms with Gasteiger partial charge in [-0.3, -0.25) is 4.79 Å². The number of nitrogens with one attached hydrogen (secondary N) is 2. The number of tetrazole rings is 1. The van der Waals surface area contributed by atoms with E-state index in [-0.39, 0.29) is 18.4 Å². The van der Waals surface area contributed by atoms with E-state index in [9.17, 15) is 4.79 Å². The molecule has 4 aromatic rings. The van der Waals surface area contributed by atoms with Crippen molar-refractivity contribution in [2.75, 3.05) is 6.54 Å². The van der Waals surface area contributed by atoms with Crippen LogP contribution >= 0.6 is 0 Å². The van der Waals surface area contributed by atoms with Gasteiger partial charge < -0.3 is 10.3 Å². The minimum atomic E-state index is -0.127. The van der Waals surface area contributed by atoms with Crippen molar-refractivity contribution in [3.63, 3.8) is 0 Å². The lowest BCUT2D eigenvalue weighted by atomic mass is 9.91. The summed E-state index contributed by atoms with van der Waals surface area (Å²) in [4.78, 5) is 15.6. The maximum atomic E-state index is 12.2. The maximum Gasteiger partial charge on any atom is 0.241 e. The van der Waals surface area contributed by atoms with Gasteiger partial charge in [-0.2, -0.15) is 0 Å². The Kier molecular flexibility index (Phi) is 4.42. The largest absolute Gasteiger partial charge is 0.361 e. The average Bonchev–Trinajstić information content (AvgIpc) is 3.33. The normalized spacial score (nSPS) is 12.2. The summed E-state index contributed by atoms with van der Waals surface area (Å²) in [5, 5.41) is 15.0. The molecule has 0 aliphatic rings. The van der Waals surface area contributed by atoms with E-state index in [2.05, 4.69) is 50.1 Å². The van der Waals surface area contributed by atoms with Crippen molar-refractivity contribution in [1.29, 1.82) is 0 Å². The molecule has 2 aromatic carbocycles. The van der Waals surface area contributed by atoms with Crippen LogP contribution in [0.1, 0.15) is 17.0 Å². The van der Waals surface area contributed by atoms with Crippen LogP contribution in [0, 0.1) is 0 Å². The first-order valence-electron chi connectivity index (χ1n) is 8.39. The summed E-state index contributed by atoms with van der Waals surface area (Å²) in [5.41, 5.74) is 3.40. The van der Waals surface area contributed by atoms with Crippen LogP contribution in [-0.2, 0) is 11.3 Å². The standard InChI is InChI=1S/C19H18N6O/c26-19(12-25-13-22-23-24-25)21-10-16(14-6-2-1-3-7-14)17-11-20-18-9-5-4-8-15(17)18/h1-9,11,13,16,20H,10,12H2,(H,21,26). The van der Waals surface area contributed by atoms with E-state index in [1.54, 1.807) is 0 Å². The van der Waals surface area contributed by atoms with Crippen LogP contribution in [0.25, 0.3) is 10.9 Å². The number of aromatic nitrogens is 5. The van der Waals surface area contributed by atoms with Gasteiger partial charge >= 0.3 is 0 Å². The molecule has 0 aliphatic carbocycles. The SMILES string of the molecule is O=C(Cn1cnnn1)NCC(c1ccccc1)c1c[nH]c2ccccc12. The van der Waals surface area contributed by atoms with Crippen LogP contribution in [0.5, 0.6) is 0 Å². The molecule has 2 aromatic heterocycles. The van der Waals surface area contributed by atoms with Crippen LogP contribution in [0.4, 0.5) is 0 Å². The zero-order valence-corrected chi connectivity index (χ0v) is 14.0. The summed E-state index contributed by atoms with van der Waals surface area (Å²) in [6.45, 7) is 0.592. The highest BCUT2D eigenvalue weighted by Gasteiger charge is 2.19. The lowest BCUT2D eigenvalue weighted by Gasteiger charge is -2.18. The smallest absolute Gasteiger partial charge is 0.241 e. The highest BCUT2D eigenvalue weighted by atomic mass is 16.2.